The summed E-state index contributed by atoms with van der Waals surface area (Å²) in [6.07, 6.45) is 0. The van der Waals surface area contributed by atoms with Crippen molar-refractivity contribution in [3.63, 3.8) is 0 Å². The van der Waals surface area contributed by atoms with Gasteiger partial charge in [-0.3, -0.25) is 14.5 Å². The largest absolute Gasteiger partial charge is 0.496 e. The van der Waals surface area contributed by atoms with Gasteiger partial charge in [-0.2, -0.15) is 0 Å². The molecule has 0 fully saturated rings. The van der Waals surface area contributed by atoms with Crippen LogP contribution in [-0.2, 0) is 22.7 Å². The third-order valence-corrected chi connectivity index (χ3v) is 5.09. The van der Waals surface area contributed by atoms with Gasteiger partial charge in [0, 0.05) is 36.1 Å². The SMILES string of the molecule is COc1ccccc1CN(CC(=O)N(C)CC(=O)NC(C)(C)C)Cc1cccs1. The summed E-state index contributed by atoms with van der Waals surface area (Å²) in [7, 11) is 3.31. The van der Waals surface area contributed by atoms with E-state index in [1.54, 1.807) is 25.5 Å². The minimum Gasteiger partial charge on any atom is -0.496 e. The molecule has 158 valence electrons. The highest BCUT2D eigenvalue weighted by Crippen LogP contribution is 2.21. The quantitative estimate of drug-likeness (QED) is 0.681. The van der Waals surface area contributed by atoms with Gasteiger partial charge in [0.15, 0.2) is 0 Å². The van der Waals surface area contributed by atoms with Gasteiger partial charge in [-0.25, -0.2) is 0 Å². The molecule has 0 atom stereocenters. The first-order chi connectivity index (χ1) is 13.7. The number of carbonyl (C=O) groups is 2. The van der Waals surface area contributed by atoms with Gasteiger partial charge in [-0.1, -0.05) is 24.3 Å². The van der Waals surface area contributed by atoms with Gasteiger partial charge in [0.05, 0.1) is 20.2 Å². The smallest absolute Gasteiger partial charge is 0.240 e. The standard InChI is InChI=1S/C22H31N3O3S/c1-22(2,3)23-20(26)15-24(4)21(27)16-25(14-18-10-8-12-29-18)13-17-9-6-7-11-19(17)28-5/h6-12H,13-16H2,1-5H3,(H,23,26). The van der Waals surface area contributed by atoms with Gasteiger partial charge in [-0.15, -0.1) is 11.3 Å². The second-order valence-electron chi connectivity index (χ2n) is 8.08. The number of nitrogens with zero attached hydrogens (tertiary/aromatic N) is 2. The molecular formula is C22H31N3O3S. The summed E-state index contributed by atoms with van der Waals surface area (Å²) in [5.41, 5.74) is 0.697. The lowest BCUT2D eigenvalue weighted by Gasteiger charge is -2.26. The number of nitrogens with one attached hydrogen (secondary N) is 1. The van der Waals surface area contributed by atoms with Gasteiger partial charge < -0.3 is 15.0 Å². The Balaban J connectivity index is 2.06. The summed E-state index contributed by atoms with van der Waals surface area (Å²) in [6.45, 7) is 7.25. The van der Waals surface area contributed by atoms with E-state index in [2.05, 4.69) is 16.3 Å². The van der Waals surface area contributed by atoms with Crippen LogP contribution in [0.4, 0.5) is 0 Å². The van der Waals surface area contributed by atoms with Crippen molar-refractivity contribution >= 4 is 23.2 Å². The minimum absolute atomic E-state index is 0.0393. The molecule has 0 saturated heterocycles. The Morgan fingerprint density at radius 2 is 1.79 bits per heavy atom. The monoisotopic (exact) mass is 417 g/mol. The zero-order valence-electron chi connectivity index (χ0n) is 17.9. The summed E-state index contributed by atoms with van der Waals surface area (Å²) in [5, 5.41) is 4.92. The number of ether oxygens (including phenoxy) is 1. The topological polar surface area (TPSA) is 61.9 Å². The first-order valence-corrected chi connectivity index (χ1v) is 10.5. The Labute approximate surface area is 177 Å². The number of para-hydroxylation sites is 1. The van der Waals surface area contributed by atoms with E-state index in [9.17, 15) is 9.59 Å². The van der Waals surface area contributed by atoms with Crippen LogP contribution in [0.1, 0.15) is 31.2 Å². The van der Waals surface area contributed by atoms with E-state index in [0.29, 0.717) is 13.1 Å². The van der Waals surface area contributed by atoms with Crippen LogP contribution in [0.15, 0.2) is 41.8 Å². The normalized spacial score (nSPS) is 11.4. The molecule has 0 spiro atoms. The van der Waals surface area contributed by atoms with E-state index >= 15 is 0 Å². The van der Waals surface area contributed by atoms with Crippen LogP contribution in [-0.4, -0.2) is 54.4 Å². The van der Waals surface area contributed by atoms with Gasteiger partial charge in [0.2, 0.25) is 11.8 Å². The molecule has 0 radical (unpaired) electrons. The molecule has 2 aromatic rings. The molecule has 0 aliphatic heterocycles. The van der Waals surface area contributed by atoms with E-state index in [4.69, 9.17) is 4.74 Å². The van der Waals surface area contributed by atoms with Gasteiger partial charge in [-0.05, 0) is 38.3 Å². The molecule has 1 aromatic carbocycles. The zero-order chi connectivity index (χ0) is 21.4. The Hall–Kier alpha value is -2.38. The fraction of sp³-hybridized carbons (Fsp3) is 0.455. The van der Waals surface area contributed by atoms with Crippen molar-refractivity contribution in [3.05, 3.63) is 52.2 Å². The lowest BCUT2D eigenvalue weighted by molar-refractivity contribution is -0.136. The first-order valence-electron chi connectivity index (χ1n) is 9.59. The summed E-state index contributed by atoms with van der Waals surface area (Å²) >= 11 is 1.66. The van der Waals surface area contributed by atoms with E-state index in [-0.39, 0.29) is 30.4 Å². The van der Waals surface area contributed by atoms with Crippen molar-refractivity contribution in [2.75, 3.05) is 27.2 Å². The lowest BCUT2D eigenvalue weighted by Crippen LogP contribution is -2.47. The molecule has 0 aliphatic rings. The van der Waals surface area contributed by atoms with Crippen LogP contribution < -0.4 is 10.1 Å². The third kappa shape index (κ3) is 7.87. The van der Waals surface area contributed by atoms with Crippen LogP contribution in [0.2, 0.25) is 0 Å². The number of thiophene rings is 1. The zero-order valence-corrected chi connectivity index (χ0v) is 18.7. The maximum atomic E-state index is 12.8. The van der Waals surface area contributed by atoms with Crippen LogP contribution >= 0.6 is 11.3 Å². The lowest BCUT2D eigenvalue weighted by atomic mass is 10.1. The molecule has 1 aromatic heterocycles. The van der Waals surface area contributed by atoms with Crippen LogP contribution in [0, 0.1) is 0 Å². The third-order valence-electron chi connectivity index (χ3n) is 4.23. The number of amides is 2. The van der Waals surface area contributed by atoms with Crippen LogP contribution in [0.5, 0.6) is 5.75 Å². The molecule has 0 unspecified atom stereocenters. The number of carbonyl (C=O) groups excluding carboxylic acids is 2. The van der Waals surface area contributed by atoms with E-state index in [1.807, 2.05) is 56.5 Å². The predicted octanol–water partition coefficient (Wildman–Crippen LogP) is 3.13. The number of likely N-dealkylation sites (N-methyl/N-ethyl adjacent to an activating group) is 1. The fourth-order valence-corrected chi connectivity index (χ4v) is 3.68. The molecule has 29 heavy (non-hydrogen) atoms. The van der Waals surface area contributed by atoms with Crippen molar-refractivity contribution in [1.29, 1.82) is 0 Å². The number of benzene rings is 1. The first kappa shape index (κ1) is 22.9. The van der Waals surface area contributed by atoms with Crippen molar-refractivity contribution in [1.82, 2.24) is 15.1 Å². The van der Waals surface area contributed by atoms with E-state index < -0.39 is 0 Å². The molecule has 0 aliphatic carbocycles. The van der Waals surface area contributed by atoms with Crippen molar-refractivity contribution in [2.45, 2.75) is 39.4 Å². The molecule has 0 bridgehead atoms. The molecule has 6 nitrogen and oxygen atoms in total. The summed E-state index contributed by atoms with van der Waals surface area (Å²) in [4.78, 5) is 29.7. The summed E-state index contributed by atoms with van der Waals surface area (Å²) in [5.74, 6) is 0.539. The number of hydrogen-bond donors (Lipinski definition) is 1. The average molecular weight is 418 g/mol. The highest BCUT2D eigenvalue weighted by atomic mass is 32.1. The molecule has 2 rings (SSSR count). The van der Waals surface area contributed by atoms with Crippen molar-refractivity contribution in [2.24, 2.45) is 0 Å². The van der Waals surface area contributed by atoms with Crippen LogP contribution in [0.25, 0.3) is 0 Å². The fourth-order valence-electron chi connectivity index (χ4n) is 2.94. The van der Waals surface area contributed by atoms with E-state index in [1.165, 1.54) is 9.78 Å². The van der Waals surface area contributed by atoms with Crippen LogP contribution in [0.3, 0.4) is 0 Å². The Bertz CT molecular complexity index is 800. The van der Waals surface area contributed by atoms with E-state index in [0.717, 1.165) is 11.3 Å². The maximum absolute atomic E-state index is 12.8. The predicted molar refractivity (Wildman–Crippen MR) is 117 cm³/mol. The molecule has 0 saturated carbocycles. The number of rotatable bonds is 9. The Morgan fingerprint density at radius 3 is 2.41 bits per heavy atom. The second-order valence-corrected chi connectivity index (χ2v) is 9.12. The van der Waals surface area contributed by atoms with Gasteiger partial charge in [0.25, 0.3) is 0 Å². The average Bonchev–Trinajstić information content (AvgIpc) is 3.13. The summed E-state index contributed by atoms with van der Waals surface area (Å²) in [6, 6.07) is 11.9. The maximum Gasteiger partial charge on any atom is 0.240 e. The van der Waals surface area contributed by atoms with Gasteiger partial charge >= 0.3 is 0 Å². The minimum atomic E-state index is -0.323. The molecule has 2 amide bonds. The molecule has 7 heteroatoms. The number of methoxy groups -OCH3 is 1. The van der Waals surface area contributed by atoms with Gasteiger partial charge in [0.1, 0.15) is 5.75 Å². The van der Waals surface area contributed by atoms with Crippen molar-refractivity contribution in [3.8, 4) is 5.75 Å². The Kier molecular flexibility index (Phi) is 8.22. The Morgan fingerprint density at radius 1 is 1.07 bits per heavy atom. The highest BCUT2D eigenvalue weighted by molar-refractivity contribution is 7.09. The highest BCUT2D eigenvalue weighted by Gasteiger charge is 2.20. The van der Waals surface area contributed by atoms with Crippen molar-refractivity contribution < 1.29 is 14.3 Å². The molecule has 1 heterocycles. The molecular weight excluding hydrogens is 386 g/mol. The molecule has 1 N–H and O–H groups in total. The summed E-state index contributed by atoms with van der Waals surface area (Å²) < 4.78 is 5.46. The number of hydrogen-bond acceptors (Lipinski definition) is 5. The second kappa shape index (κ2) is 10.4.